The van der Waals surface area contributed by atoms with E-state index in [1.54, 1.807) is 7.11 Å². The minimum atomic E-state index is -0.267. The molecule has 5 nitrogen and oxygen atoms in total. The van der Waals surface area contributed by atoms with E-state index in [9.17, 15) is 4.79 Å². The Morgan fingerprint density at radius 1 is 1.22 bits per heavy atom. The van der Waals surface area contributed by atoms with Crippen molar-refractivity contribution in [1.82, 2.24) is 10.6 Å². The summed E-state index contributed by atoms with van der Waals surface area (Å²) in [6.45, 7) is 11.9. The molecule has 0 saturated carbocycles. The van der Waals surface area contributed by atoms with Crippen molar-refractivity contribution in [2.45, 2.75) is 46.7 Å². The topological polar surface area (TPSA) is 59.6 Å². The van der Waals surface area contributed by atoms with Gasteiger partial charge < -0.3 is 20.1 Å². The van der Waals surface area contributed by atoms with Crippen molar-refractivity contribution in [3.8, 4) is 11.5 Å². The number of methoxy groups -OCH3 is 1. The van der Waals surface area contributed by atoms with Gasteiger partial charge in [0.2, 0.25) is 0 Å². The van der Waals surface area contributed by atoms with Gasteiger partial charge in [0.05, 0.1) is 7.11 Å². The van der Waals surface area contributed by atoms with Gasteiger partial charge in [-0.3, -0.25) is 4.79 Å². The largest absolute Gasteiger partial charge is 0.493 e. The summed E-state index contributed by atoms with van der Waals surface area (Å²) in [7, 11) is 1.60. The number of amides is 1. The zero-order valence-electron chi connectivity index (χ0n) is 15.2. The van der Waals surface area contributed by atoms with Crippen LogP contribution in [-0.4, -0.2) is 31.7 Å². The van der Waals surface area contributed by atoms with Crippen LogP contribution in [-0.2, 0) is 11.3 Å². The van der Waals surface area contributed by atoms with E-state index in [0.29, 0.717) is 17.4 Å². The van der Waals surface area contributed by atoms with Gasteiger partial charge in [0.15, 0.2) is 18.1 Å². The molecule has 1 aromatic carbocycles. The van der Waals surface area contributed by atoms with Gasteiger partial charge in [-0.25, -0.2) is 0 Å². The number of hydrogen-bond acceptors (Lipinski definition) is 4. The number of nitrogens with one attached hydrogen (secondary N) is 2. The second kappa shape index (κ2) is 8.77. The number of rotatable bonds is 8. The third-order valence-electron chi connectivity index (χ3n) is 2.98. The van der Waals surface area contributed by atoms with Crippen molar-refractivity contribution in [3.05, 3.63) is 23.8 Å². The number of carbonyl (C=O) groups is 1. The predicted octanol–water partition coefficient (Wildman–Crippen LogP) is 2.73. The fraction of sp³-hybridized carbons (Fsp3) is 0.611. The third-order valence-corrected chi connectivity index (χ3v) is 2.98. The van der Waals surface area contributed by atoms with Crippen LogP contribution in [0.4, 0.5) is 0 Å². The lowest BCUT2D eigenvalue weighted by Gasteiger charge is -2.20. The predicted molar refractivity (Wildman–Crippen MR) is 92.9 cm³/mol. The van der Waals surface area contributed by atoms with Gasteiger partial charge in [-0.2, -0.15) is 0 Å². The van der Waals surface area contributed by atoms with Crippen LogP contribution >= 0.6 is 0 Å². The molecular formula is C18H30N2O3. The van der Waals surface area contributed by atoms with Crippen LogP contribution in [0.2, 0.25) is 0 Å². The van der Waals surface area contributed by atoms with E-state index in [4.69, 9.17) is 9.47 Å². The molecule has 0 aliphatic carbocycles. The summed E-state index contributed by atoms with van der Waals surface area (Å²) in [5.41, 5.74) is 0.852. The molecule has 0 unspecified atom stereocenters. The average Bonchev–Trinajstić information content (AvgIpc) is 2.43. The summed E-state index contributed by atoms with van der Waals surface area (Å²) in [5, 5.41) is 6.25. The highest BCUT2D eigenvalue weighted by molar-refractivity contribution is 5.78. The van der Waals surface area contributed by atoms with Crippen molar-refractivity contribution >= 4 is 5.91 Å². The molecule has 1 rings (SSSR count). The minimum absolute atomic E-state index is 0.0292. The molecule has 0 radical (unpaired) electrons. The molecule has 0 aliphatic heterocycles. The third kappa shape index (κ3) is 7.88. The van der Waals surface area contributed by atoms with E-state index in [1.165, 1.54) is 0 Å². The molecule has 0 aliphatic rings. The van der Waals surface area contributed by atoms with Crippen LogP contribution in [0, 0.1) is 5.92 Å². The summed E-state index contributed by atoms with van der Waals surface area (Å²) in [6.07, 6.45) is 0. The first kappa shape index (κ1) is 19.3. The van der Waals surface area contributed by atoms with E-state index in [-0.39, 0.29) is 18.1 Å². The van der Waals surface area contributed by atoms with Gasteiger partial charge in [-0.05, 0) is 50.9 Å². The van der Waals surface area contributed by atoms with E-state index in [1.807, 2.05) is 39.0 Å². The molecule has 130 valence electrons. The lowest BCUT2D eigenvalue weighted by Crippen LogP contribution is -2.43. The molecular weight excluding hydrogens is 292 g/mol. The van der Waals surface area contributed by atoms with Gasteiger partial charge in [0.25, 0.3) is 5.91 Å². The number of hydrogen-bond donors (Lipinski definition) is 2. The Labute approximate surface area is 139 Å². The normalized spacial score (nSPS) is 11.4. The van der Waals surface area contributed by atoms with Crippen molar-refractivity contribution in [3.63, 3.8) is 0 Å². The quantitative estimate of drug-likeness (QED) is 0.772. The minimum Gasteiger partial charge on any atom is -0.493 e. The van der Waals surface area contributed by atoms with Crippen LogP contribution in [0.1, 0.15) is 40.2 Å². The standard InChI is InChI=1S/C18H30N2O3/c1-13(2)10-19-11-14-7-8-15(16(9-14)22-6)23-12-17(21)20-18(3,4)5/h7-9,13,19H,10-12H2,1-6H3,(H,20,21). The van der Waals surface area contributed by atoms with E-state index >= 15 is 0 Å². The lowest BCUT2D eigenvalue weighted by molar-refractivity contribution is -0.124. The van der Waals surface area contributed by atoms with Gasteiger partial charge in [-0.15, -0.1) is 0 Å². The van der Waals surface area contributed by atoms with Crippen molar-refractivity contribution in [2.75, 3.05) is 20.3 Å². The molecule has 23 heavy (non-hydrogen) atoms. The summed E-state index contributed by atoms with van der Waals surface area (Å²) < 4.78 is 10.9. The maximum Gasteiger partial charge on any atom is 0.258 e. The summed E-state index contributed by atoms with van der Waals surface area (Å²) >= 11 is 0. The lowest BCUT2D eigenvalue weighted by atomic mass is 10.1. The molecule has 0 heterocycles. The number of benzene rings is 1. The highest BCUT2D eigenvalue weighted by atomic mass is 16.5. The van der Waals surface area contributed by atoms with Gasteiger partial charge in [0, 0.05) is 12.1 Å². The van der Waals surface area contributed by atoms with Gasteiger partial charge in [-0.1, -0.05) is 19.9 Å². The molecule has 0 aromatic heterocycles. The van der Waals surface area contributed by atoms with Crippen LogP contribution in [0.3, 0.4) is 0 Å². The van der Waals surface area contributed by atoms with Gasteiger partial charge >= 0.3 is 0 Å². The fourth-order valence-electron chi connectivity index (χ4n) is 2.04. The molecule has 0 saturated heterocycles. The van der Waals surface area contributed by atoms with Crippen molar-refractivity contribution in [1.29, 1.82) is 0 Å². The molecule has 0 bridgehead atoms. The molecule has 0 atom stereocenters. The van der Waals surface area contributed by atoms with Crippen LogP contribution in [0.5, 0.6) is 11.5 Å². The molecule has 5 heteroatoms. The number of ether oxygens (including phenoxy) is 2. The Kier molecular flexibility index (Phi) is 7.36. The van der Waals surface area contributed by atoms with E-state index in [2.05, 4.69) is 24.5 Å². The Morgan fingerprint density at radius 3 is 2.48 bits per heavy atom. The molecule has 2 N–H and O–H groups in total. The first-order chi connectivity index (χ1) is 10.7. The maximum atomic E-state index is 11.8. The smallest absolute Gasteiger partial charge is 0.258 e. The van der Waals surface area contributed by atoms with Gasteiger partial charge in [0.1, 0.15) is 0 Å². The Hall–Kier alpha value is -1.75. The zero-order chi connectivity index (χ0) is 17.5. The Morgan fingerprint density at radius 2 is 1.91 bits per heavy atom. The first-order valence-electron chi connectivity index (χ1n) is 8.02. The highest BCUT2D eigenvalue weighted by Gasteiger charge is 2.15. The van der Waals surface area contributed by atoms with Crippen LogP contribution in [0.25, 0.3) is 0 Å². The SMILES string of the molecule is COc1cc(CNCC(C)C)ccc1OCC(=O)NC(C)(C)C. The first-order valence-corrected chi connectivity index (χ1v) is 8.02. The molecule has 0 spiro atoms. The summed E-state index contributed by atoms with van der Waals surface area (Å²) in [4.78, 5) is 11.8. The van der Waals surface area contributed by atoms with E-state index < -0.39 is 0 Å². The average molecular weight is 322 g/mol. The highest BCUT2D eigenvalue weighted by Crippen LogP contribution is 2.28. The van der Waals surface area contributed by atoms with Crippen molar-refractivity contribution < 1.29 is 14.3 Å². The second-order valence-electron chi connectivity index (χ2n) is 7.10. The van der Waals surface area contributed by atoms with Crippen LogP contribution in [0.15, 0.2) is 18.2 Å². The van der Waals surface area contributed by atoms with Crippen LogP contribution < -0.4 is 20.1 Å². The molecule has 1 aromatic rings. The fourth-order valence-corrected chi connectivity index (χ4v) is 2.04. The van der Waals surface area contributed by atoms with Crippen molar-refractivity contribution in [2.24, 2.45) is 5.92 Å². The zero-order valence-corrected chi connectivity index (χ0v) is 15.2. The Balaban J connectivity index is 2.60. The molecule has 0 fully saturated rings. The summed E-state index contributed by atoms with van der Waals surface area (Å²) in [6, 6.07) is 5.76. The maximum absolute atomic E-state index is 11.8. The monoisotopic (exact) mass is 322 g/mol. The van der Waals surface area contributed by atoms with E-state index in [0.717, 1.165) is 18.7 Å². The number of carbonyl (C=O) groups excluding carboxylic acids is 1. The second-order valence-corrected chi connectivity index (χ2v) is 7.10. The molecule has 1 amide bonds. The summed E-state index contributed by atoms with van der Waals surface area (Å²) in [5.74, 6) is 1.67. The Bertz CT molecular complexity index is 507.